The number of piperidine rings is 1. The van der Waals surface area contributed by atoms with Crippen LogP contribution in [-0.2, 0) is 9.53 Å². The predicted molar refractivity (Wildman–Crippen MR) is 96.6 cm³/mol. The van der Waals surface area contributed by atoms with Crippen LogP contribution in [0.3, 0.4) is 0 Å². The molecule has 0 aromatic carbocycles. The van der Waals surface area contributed by atoms with Gasteiger partial charge in [0.05, 0.1) is 24.9 Å². The summed E-state index contributed by atoms with van der Waals surface area (Å²) in [6, 6.07) is 4.32. The lowest BCUT2D eigenvalue weighted by Crippen LogP contribution is -2.52. The molecule has 7 nitrogen and oxygen atoms in total. The number of carbonyl (C=O) groups is 1. The lowest BCUT2D eigenvalue weighted by molar-refractivity contribution is -0.138. The van der Waals surface area contributed by atoms with Crippen molar-refractivity contribution in [2.45, 2.75) is 45.3 Å². The van der Waals surface area contributed by atoms with E-state index in [1.54, 1.807) is 0 Å². The van der Waals surface area contributed by atoms with Gasteiger partial charge in [0.25, 0.3) is 0 Å². The second kappa shape index (κ2) is 8.58. The highest BCUT2D eigenvalue weighted by atomic mass is 16.5. The molecule has 138 valence electrons. The number of hydrogen-bond donors (Lipinski definition) is 1. The zero-order valence-corrected chi connectivity index (χ0v) is 15.3. The Morgan fingerprint density at radius 1 is 1.32 bits per heavy atom. The van der Waals surface area contributed by atoms with E-state index in [9.17, 15) is 4.79 Å². The maximum atomic E-state index is 12.5. The minimum atomic E-state index is 0.175. The number of aromatic nitrogens is 2. The first-order chi connectivity index (χ1) is 12.2. The van der Waals surface area contributed by atoms with Gasteiger partial charge in [0.15, 0.2) is 5.82 Å². The molecule has 2 aliphatic heterocycles. The number of aryl methyl sites for hydroxylation is 1. The van der Waals surface area contributed by atoms with E-state index >= 15 is 0 Å². The van der Waals surface area contributed by atoms with Crippen molar-refractivity contribution in [1.29, 1.82) is 0 Å². The SMILES string of the molecule is CC[C@@H]1CN(C(=O)CN[C@@H]2CCCN(c3ccc(C)nn3)C2)CCO1. The van der Waals surface area contributed by atoms with Crippen LogP contribution in [-0.4, -0.2) is 72.5 Å². The lowest BCUT2D eigenvalue weighted by atomic mass is 10.1. The molecule has 2 aliphatic rings. The number of rotatable bonds is 5. The third-order valence-corrected chi connectivity index (χ3v) is 5.02. The largest absolute Gasteiger partial charge is 0.375 e. The molecule has 1 amide bonds. The fourth-order valence-corrected chi connectivity index (χ4v) is 3.45. The number of carbonyl (C=O) groups excluding carboxylic acids is 1. The first-order valence-electron chi connectivity index (χ1n) is 9.33. The lowest BCUT2D eigenvalue weighted by Gasteiger charge is -2.35. The summed E-state index contributed by atoms with van der Waals surface area (Å²) in [5, 5.41) is 11.9. The van der Waals surface area contributed by atoms with E-state index in [1.165, 1.54) is 0 Å². The second-order valence-corrected chi connectivity index (χ2v) is 6.94. The number of hydrogen-bond acceptors (Lipinski definition) is 6. The van der Waals surface area contributed by atoms with Crippen molar-refractivity contribution >= 4 is 11.7 Å². The van der Waals surface area contributed by atoms with E-state index in [0.717, 1.165) is 43.9 Å². The number of anilines is 1. The Labute approximate surface area is 149 Å². The minimum absolute atomic E-state index is 0.175. The molecular weight excluding hydrogens is 318 g/mol. The molecule has 0 unspecified atom stereocenters. The summed E-state index contributed by atoms with van der Waals surface area (Å²) >= 11 is 0. The molecule has 2 atom stereocenters. The zero-order chi connectivity index (χ0) is 17.6. The van der Waals surface area contributed by atoms with Gasteiger partial charge in [0.1, 0.15) is 0 Å². The number of nitrogens with zero attached hydrogens (tertiary/aromatic N) is 4. The molecule has 0 aliphatic carbocycles. The number of nitrogens with one attached hydrogen (secondary N) is 1. The summed E-state index contributed by atoms with van der Waals surface area (Å²) < 4.78 is 5.64. The van der Waals surface area contributed by atoms with Crippen LogP contribution in [0.15, 0.2) is 12.1 Å². The summed E-state index contributed by atoms with van der Waals surface area (Å²) in [6.45, 7) is 8.36. The van der Waals surface area contributed by atoms with E-state index < -0.39 is 0 Å². The third-order valence-electron chi connectivity index (χ3n) is 5.02. The molecular formula is C18H29N5O2. The molecule has 1 N–H and O–H groups in total. The summed E-state index contributed by atoms with van der Waals surface area (Å²) in [5.41, 5.74) is 0.928. The van der Waals surface area contributed by atoms with E-state index in [0.29, 0.717) is 32.3 Å². The quantitative estimate of drug-likeness (QED) is 0.856. The molecule has 7 heteroatoms. The molecule has 2 fully saturated rings. The van der Waals surface area contributed by atoms with Crippen LogP contribution in [0, 0.1) is 6.92 Å². The van der Waals surface area contributed by atoms with E-state index in [4.69, 9.17) is 4.74 Å². The highest BCUT2D eigenvalue weighted by Crippen LogP contribution is 2.17. The molecule has 0 spiro atoms. The molecule has 1 aromatic rings. The van der Waals surface area contributed by atoms with Crippen molar-refractivity contribution < 1.29 is 9.53 Å². The van der Waals surface area contributed by atoms with Crippen molar-refractivity contribution in [3.8, 4) is 0 Å². The van der Waals surface area contributed by atoms with Gasteiger partial charge in [-0.1, -0.05) is 6.92 Å². The van der Waals surface area contributed by atoms with E-state index in [-0.39, 0.29) is 12.0 Å². The number of ether oxygens (including phenoxy) is 1. The van der Waals surface area contributed by atoms with Gasteiger partial charge in [0.2, 0.25) is 5.91 Å². The Morgan fingerprint density at radius 3 is 2.96 bits per heavy atom. The Bertz CT molecular complexity index is 565. The zero-order valence-electron chi connectivity index (χ0n) is 15.3. The average Bonchev–Trinajstić information content (AvgIpc) is 2.67. The Kier molecular flexibility index (Phi) is 6.20. The smallest absolute Gasteiger partial charge is 0.236 e. The fourth-order valence-electron chi connectivity index (χ4n) is 3.45. The standard InChI is InChI=1S/C18H29N5O2/c1-3-16-13-23(9-10-25-16)18(24)11-19-15-5-4-8-22(12-15)17-7-6-14(2)20-21-17/h6-7,15-16,19H,3-5,8-13H2,1-2H3/t15-,16-/m1/s1. The number of amides is 1. The van der Waals surface area contributed by atoms with Gasteiger partial charge in [-0.3, -0.25) is 4.79 Å². The monoisotopic (exact) mass is 347 g/mol. The van der Waals surface area contributed by atoms with Gasteiger partial charge < -0.3 is 19.9 Å². The normalized spacial score (nSPS) is 24.4. The fraction of sp³-hybridized carbons (Fsp3) is 0.722. The van der Waals surface area contributed by atoms with Crippen molar-refractivity contribution in [2.24, 2.45) is 0 Å². The Hall–Kier alpha value is -1.73. The molecule has 3 heterocycles. The van der Waals surface area contributed by atoms with Gasteiger partial charge in [-0.25, -0.2) is 0 Å². The molecule has 1 aromatic heterocycles. The highest BCUT2D eigenvalue weighted by Gasteiger charge is 2.25. The molecule has 0 bridgehead atoms. The van der Waals surface area contributed by atoms with Crippen LogP contribution >= 0.6 is 0 Å². The van der Waals surface area contributed by atoms with Crippen LogP contribution < -0.4 is 10.2 Å². The van der Waals surface area contributed by atoms with Gasteiger partial charge >= 0.3 is 0 Å². The van der Waals surface area contributed by atoms with Crippen LogP contribution in [0.4, 0.5) is 5.82 Å². The maximum Gasteiger partial charge on any atom is 0.236 e. The average molecular weight is 347 g/mol. The van der Waals surface area contributed by atoms with Crippen molar-refractivity contribution in [3.63, 3.8) is 0 Å². The van der Waals surface area contributed by atoms with Crippen molar-refractivity contribution in [3.05, 3.63) is 17.8 Å². The highest BCUT2D eigenvalue weighted by molar-refractivity contribution is 5.78. The van der Waals surface area contributed by atoms with Crippen LogP contribution in [0.1, 0.15) is 31.9 Å². The van der Waals surface area contributed by atoms with Gasteiger partial charge in [-0.05, 0) is 38.3 Å². The Balaban J connectivity index is 1.47. The molecule has 0 radical (unpaired) electrons. The Morgan fingerprint density at radius 2 is 2.20 bits per heavy atom. The predicted octanol–water partition coefficient (Wildman–Crippen LogP) is 0.981. The molecule has 0 saturated carbocycles. The first-order valence-corrected chi connectivity index (χ1v) is 9.33. The molecule has 3 rings (SSSR count). The topological polar surface area (TPSA) is 70.6 Å². The molecule has 2 saturated heterocycles. The second-order valence-electron chi connectivity index (χ2n) is 6.94. The van der Waals surface area contributed by atoms with Gasteiger partial charge in [-0.2, -0.15) is 5.10 Å². The van der Waals surface area contributed by atoms with E-state index in [2.05, 4.69) is 27.3 Å². The van der Waals surface area contributed by atoms with Crippen LogP contribution in [0.5, 0.6) is 0 Å². The molecule has 25 heavy (non-hydrogen) atoms. The minimum Gasteiger partial charge on any atom is -0.375 e. The summed E-state index contributed by atoms with van der Waals surface area (Å²) in [5.74, 6) is 1.09. The first kappa shape index (κ1) is 18.1. The summed E-state index contributed by atoms with van der Waals surface area (Å²) in [7, 11) is 0. The maximum absolute atomic E-state index is 12.5. The van der Waals surface area contributed by atoms with Crippen molar-refractivity contribution in [1.82, 2.24) is 20.4 Å². The van der Waals surface area contributed by atoms with Gasteiger partial charge in [0, 0.05) is 32.2 Å². The van der Waals surface area contributed by atoms with Gasteiger partial charge in [-0.15, -0.1) is 5.10 Å². The number of morpholine rings is 1. The van der Waals surface area contributed by atoms with Crippen molar-refractivity contribution in [2.75, 3.05) is 44.2 Å². The third kappa shape index (κ3) is 4.89. The van der Waals surface area contributed by atoms with Crippen LogP contribution in [0.25, 0.3) is 0 Å². The summed E-state index contributed by atoms with van der Waals surface area (Å²) in [4.78, 5) is 16.6. The summed E-state index contributed by atoms with van der Waals surface area (Å²) in [6.07, 6.45) is 3.32. The van der Waals surface area contributed by atoms with E-state index in [1.807, 2.05) is 24.0 Å². The van der Waals surface area contributed by atoms with Crippen LogP contribution in [0.2, 0.25) is 0 Å².